The van der Waals surface area contributed by atoms with E-state index in [1.165, 1.54) is 5.56 Å². The first-order valence-electron chi connectivity index (χ1n) is 6.57. The molecule has 0 unspecified atom stereocenters. The maximum absolute atomic E-state index is 12.1. The van der Waals surface area contributed by atoms with Gasteiger partial charge in [-0.05, 0) is 5.56 Å². The minimum absolute atomic E-state index is 0.0743. The molecule has 0 saturated heterocycles. The molecule has 2 heterocycles. The number of nitrogen functional groups attached to an aromatic ring is 2. The number of aromatic nitrogens is 2. The molecule has 1 aromatic heterocycles. The molecule has 104 valence electrons. The third-order valence-corrected chi connectivity index (χ3v) is 3.62. The smallest absolute Gasteiger partial charge is 0.278 e. The molecule has 0 radical (unpaired) electrons. The minimum Gasteiger partial charge on any atom is -0.368 e. The van der Waals surface area contributed by atoms with Gasteiger partial charge in [0.2, 0.25) is 5.95 Å². The summed E-state index contributed by atoms with van der Waals surface area (Å²) >= 11 is 0. The molecule has 20 heavy (non-hydrogen) atoms. The fraction of sp³-hybridized carbons (Fsp3) is 0.286. The standard InChI is InChI=1S/C14H17N5O/c15-14-17-12-6-7-18(8-10-4-2-1-3-5-10)9-11(12)13(20)19(14)16/h1-5H,6-9,16H2,(H2,15,17). The van der Waals surface area contributed by atoms with Crippen molar-refractivity contribution in [3.05, 3.63) is 57.5 Å². The summed E-state index contributed by atoms with van der Waals surface area (Å²) in [5, 5.41) is 0. The van der Waals surface area contributed by atoms with E-state index in [4.69, 9.17) is 11.6 Å². The number of anilines is 1. The van der Waals surface area contributed by atoms with E-state index in [9.17, 15) is 4.79 Å². The molecule has 6 heteroatoms. The van der Waals surface area contributed by atoms with Crippen molar-refractivity contribution >= 4 is 5.95 Å². The van der Waals surface area contributed by atoms with E-state index in [1.807, 2.05) is 18.2 Å². The van der Waals surface area contributed by atoms with Crippen LogP contribution >= 0.6 is 0 Å². The normalized spacial score (nSPS) is 15.0. The number of nitrogens with zero attached hydrogens (tertiary/aromatic N) is 3. The van der Waals surface area contributed by atoms with Gasteiger partial charge in [-0.3, -0.25) is 9.69 Å². The number of rotatable bonds is 2. The largest absolute Gasteiger partial charge is 0.368 e. The second-order valence-electron chi connectivity index (χ2n) is 5.02. The van der Waals surface area contributed by atoms with Crippen LogP contribution in [0.3, 0.4) is 0 Å². The van der Waals surface area contributed by atoms with Crippen molar-refractivity contribution in [2.24, 2.45) is 0 Å². The predicted octanol–water partition coefficient (Wildman–Crippen LogP) is 0.0976. The SMILES string of the molecule is Nc1nc2c(c(=O)n1N)CN(Cc1ccccc1)CC2. The third kappa shape index (κ3) is 2.25. The highest BCUT2D eigenvalue weighted by Gasteiger charge is 2.22. The zero-order chi connectivity index (χ0) is 14.1. The Morgan fingerprint density at radius 1 is 1.25 bits per heavy atom. The summed E-state index contributed by atoms with van der Waals surface area (Å²) in [6.07, 6.45) is 0.725. The van der Waals surface area contributed by atoms with Crippen LogP contribution in [0.25, 0.3) is 0 Å². The zero-order valence-electron chi connectivity index (χ0n) is 11.1. The Balaban J connectivity index is 1.85. The van der Waals surface area contributed by atoms with Gasteiger partial charge >= 0.3 is 0 Å². The topological polar surface area (TPSA) is 90.2 Å². The van der Waals surface area contributed by atoms with E-state index in [1.54, 1.807) is 0 Å². The first-order valence-corrected chi connectivity index (χ1v) is 6.57. The Bertz CT molecular complexity index is 680. The van der Waals surface area contributed by atoms with Crippen LogP contribution in [0.15, 0.2) is 35.1 Å². The van der Waals surface area contributed by atoms with Crippen molar-refractivity contribution in [1.82, 2.24) is 14.6 Å². The molecule has 0 saturated carbocycles. The van der Waals surface area contributed by atoms with Gasteiger partial charge in [0.25, 0.3) is 5.56 Å². The molecule has 0 aliphatic carbocycles. The lowest BCUT2D eigenvalue weighted by atomic mass is 10.1. The summed E-state index contributed by atoms with van der Waals surface area (Å²) in [4.78, 5) is 18.5. The Morgan fingerprint density at radius 3 is 2.75 bits per heavy atom. The van der Waals surface area contributed by atoms with Gasteiger partial charge in [-0.25, -0.2) is 4.98 Å². The highest BCUT2D eigenvalue weighted by Crippen LogP contribution is 2.16. The van der Waals surface area contributed by atoms with Gasteiger partial charge in [0.15, 0.2) is 0 Å². The molecule has 0 amide bonds. The Kier molecular flexibility index (Phi) is 3.15. The first-order chi connectivity index (χ1) is 9.65. The van der Waals surface area contributed by atoms with Crippen LogP contribution in [0.5, 0.6) is 0 Å². The van der Waals surface area contributed by atoms with E-state index < -0.39 is 0 Å². The number of nitrogens with two attached hydrogens (primary N) is 2. The van der Waals surface area contributed by atoms with Gasteiger partial charge in [0, 0.05) is 26.1 Å². The monoisotopic (exact) mass is 271 g/mol. The summed E-state index contributed by atoms with van der Waals surface area (Å²) in [6.45, 7) is 2.24. The van der Waals surface area contributed by atoms with Gasteiger partial charge in [-0.1, -0.05) is 30.3 Å². The minimum atomic E-state index is -0.245. The van der Waals surface area contributed by atoms with Crippen LogP contribution in [0.2, 0.25) is 0 Å². The molecule has 0 fully saturated rings. The zero-order valence-corrected chi connectivity index (χ0v) is 11.1. The van der Waals surface area contributed by atoms with E-state index in [0.29, 0.717) is 12.1 Å². The second-order valence-corrected chi connectivity index (χ2v) is 5.02. The average molecular weight is 271 g/mol. The summed E-state index contributed by atoms with van der Waals surface area (Å²) in [5.41, 5.74) is 8.03. The first kappa shape index (κ1) is 12.7. The molecular weight excluding hydrogens is 254 g/mol. The second kappa shape index (κ2) is 4.97. The molecule has 0 atom stereocenters. The Labute approximate surface area is 116 Å². The number of hydrogen-bond donors (Lipinski definition) is 2. The summed E-state index contributed by atoms with van der Waals surface area (Å²) < 4.78 is 0.921. The van der Waals surface area contributed by atoms with Crippen LogP contribution in [0.1, 0.15) is 16.8 Å². The van der Waals surface area contributed by atoms with Gasteiger partial charge in [0.1, 0.15) is 0 Å². The van der Waals surface area contributed by atoms with Crippen molar-refractivity contribution < 1.29 is 0 Å². The van der Waals surface area contributed by atoms with Gasteiger partial charge in [0.05, 0.1) is 11.3 Å². The van der Waals surface area contributed by atoms with Crippen LogP contribution in [-0.2, 0) is 19.5 Å². The molecule has 2 aromatic rings. The Morgan fingerprint density at radius 2 is 2.00 bits per heavy atom. The van der Waals surface area contributed by atoms with Crippen molar-refractivity contribution in [2.45, 2.75) is 19.5 Å². The fourth-order valence-corrected chi connectivity index (χ4v) is 2.54. The molecule has 0 spiro atoms. The highest BCUT2D eigenvalue weighted by molar-refractivity contribution is 5.29. The molecular formula is C14H17N5O. The van der Waals surface area contributed by atoms with Crippen LogP contribution in [0, 0.1) is 0 Å². The van der Waals surface area contributed by atoms with Crippen molar-refractivity contribution in [3.63, 3.8) is 0 Å². The van der Waals surface area contributed by atoms with Crippen molar-refractivity contribution in [2.75, 3.05) is 18.1 Å². The summed E-state index contributed by atoms with van der Waals surface area (Å²) in [7, 11) is 0. The lowest BCUT2D eigenvalue weighted by Crippen LogP contribution is -2.40. The number of benzene rings is 1. The van der Waals surface area contributed by atoms with E-state index in [2.05, 4.69) is 22.0 Å². The lowest BCUT2D eigenvalue weighted by molar-refractivity contribution is 0.241. The maximum Gasteiger partial charge on any atom is 0.278 e. The van der Waals surface area contributed by atoms with E-state index in [0.717, 1.165) is 29.9 Å². The van der Waals surface area contributed by atoms with Crippen molar-refractivity contribution in [3.8, 4) is 0 Å². The van der Waals surface area contributed by atoms with E-state index >= 15 is 0 Å². The predicted molar refractivity (Wildman–Crippen MR) is 77.3 cm³/mol. The quantitative estimate of drug-likeness (QED) is 0.756. The lowest BCUT2D eigenvalue weighted by Gasteiger charge is -2.28. The Hall–Kier alpha value is -2.34. The number of fused-ring (bicyclic) bond motifs is 1. The highest BCUT2D eigenvalue weighted by atomic mass is 16.1. The van der Waals surface area contributed by atoms with Crippen LogP contribution in [-0.4, -0.2) is 21.1 Å². The van der Waals surface area contributed by atoms with Crippen LogP contribution in [0.4, 0.5) is 5.95 Å². The number of hydrogen-bond acceptors (Lipinski definition) is 5. The van der Waals surface area contributed by atoms with Gasteiger partial charge < -0.3 is 11.6 Å². The fourth-order valence-electron chi connectivity index (χ4n) is 2.54. The van der Waals surface area contributed by atoms with Crippen molar-refractivity contribution in [1.29, 1.82) is 0 Å². The summed E-state index contributed by atoms with van der Waals surface area (Å²) in [5.74, 6) is 5.68. The average Bonchev–Trinajstić information content (AvgIpc) is 2.47. The molecule has 1 aliphatic rings. The van der Waals surface area contributed by atoms with Crippen LogP contribution < -0.4 is 17.1 Å². The maximum atomic E-state index is 12.1. The molecule has 1 aliphatic heterocycles. The summed E-state index contributed by atoms with van der Waals surface area (Å²) in [6, 6.07) is 10.2. The molecule has 4 N–H and O–H groups in total. The molecule has 0 bridgehead atoms. The molecule has 6 nitrogen and oxygen atoms in total. The van der Waals surface area contributed by atoms with E-state index in [-0.39, 0.29) is 11.5 Å². The molecule has 1 aromatic carbocycles. The van der Waals surface area contributed by atoms with Gasteiger partial charge in [-0.2, -0.15) is 4.68 Å². The third-order valence-electron chi connectivity index (χ3n) is 3.62. The molecule has 3 rings (SSSR count). The van der Waals surface area contributed by atoms with Gasteiger partial charge in [-0.15, -0.1) is 0 Å².